The van der Waals surface area contributed by atoms with E-state index in [1.54, 1.807) is 0 Å². The average molecular weight is 310 g/mol. The van der Waals surface area contributed by atoms with Gasteiger partial charge in [0.25, 0.3) is 5.91 Å². The molecule has 1 amide bonds. The molecule has 0 unspecified atom stereocenters. The Morgan fingerprint density at radius 3 is 2.48 bits per heavy atom. The van der Waals surface area contributed by atoms with Gasteiger partial charge in [0, 0.05) is 18.8 Å². The number of amides is 1. The van der Waals surface area contributed by atoms with Crippen molar-refractivity contribution in [3.05, 3.63) is 72.3 Å². The second kappa shape index (κ2) is 8.76. The second-order valence-corrected chi connectivity index (χ2v) is 5.27. The van der Waals surface area contributed by atoms with Crippen LogP contribution in [0.5, 0.6) is 5.75 Å². The van der Waals surface area contributed by atoms with Gasteiger partial charge < -0.3 is 15.4 Å². The van der Waals surface area contributed by atoms with E-state index in [-0.39, 0.29) is 12.5 Å². The molecule has 0 aliphatic rings. The van der Waals surface area contributed by atoms with Crippen LogP contribution in [-0.4, -0.2) is 19.1 Å². The monoisotopic (exact) mass is 310 g/mol. The van der Waals surface area contributed by atoms with Gasteiger partial charge in [-0.3, -0.25) is 4.79 Å². The highest BCUT2D eigenvalue weighted by atomic mass is 16.5. The number of aryl methyl sites for hydroxylation is 1. The molecule has 4 heteroatoms. The summed E-state index contributed by atoms with van der Waals surface area (Å²) in [5.41, 5.74) is 3.08. The highest BCUT2D eigenvalue weighted by Crippen LogP contribution is 2.13. The average Bonchev–Trinajstić information content (AvgIpc) is 2.56. The lowest BCUT2D eigenvalue weighted by molar-refractivity contribution is -0.118. The van der Waals surface area contributed by atoms with Crippen molar-refractivity contribution in [1.29, 1.82) is 0 Å². The predicted molar refractivity (Wildman–Crippen MR) is 93.6 cm³/mol. The van der Waals surface area contributed by atoms with E-state index in [9.17, 15) is 4.79 Å². The molecule has 0 spiro atoms. The van der Waals surface area contributed by atoms with E-state index >= 15 is 0 Å². The highest BCUT2D eigenvalue weighted by molar-refractivity contribution is 5.91. The van der Waals surface area contributed by atoms with Crippen LogP contribution in [0.15, 0.2) is 61.2 Å². The Bertz CT molecular complexity index is 633. The first kappa shape index (κ1) is 16.8. The molecule has 4 nitrogen and oxygen atoms in total. The number of nitrogens with one attached hydrogen (secondary N) is 2. The van der Waals surface area contributed by atoms with Gasteiger partial charge in [-0.25, -0.2) is 0 Å². The lowest BCUT2D eigenvalue weighted by atomic mass is 10.2. The Hall–Kier alpha value is -2.59. The molecule has 120 valence electrons. The minimum atomic E-state index is -0.175. The maximum Gasteiger partial charge on any atom is 0.262 e. The summed E-state index contributed by atoms with van der Waals surface area (Å²) < 4.78 is 5.50. The summed E-state index contributed by atoms with van der Waals surface area (Å²) >= 11 is 0. The standard InChI is InChI=1S/C19H22N2O2/c1-3-12-20-13-16-6-10-18(11-7-16)23-14-19(22)21-17-8-4-15(2)5-9-17/h3-11,20H,1,12-14H2,2H3,(H,21,22). The van der Waals surface area contributed by atoms with Crippen LogP contribution in [0, 0.1) is 6.92 Å². The molecular weight excluding hydrogens is 288 g/mol. The lowest BCUT2D eigenvalue weighted by Gasteiger charge is -2.09. The Kier molecular flexibility index (Phi) is 6.39. The minimum Gasteiger partial charge on any atom is -0.484 e. The van der Waals surface area contributed by atoms with Crippen LogP contribution in [0.2, 0.25) is 0 Å². The topological polar surface area (TPSA) is 50.4 Å². The SMILES string of the molecule is C=CCNCc1ccc(OCC(=O)Nc2ccc(C)cc2)cc1. The summed E-state index contributed by atoms with van der Waals surface area (Å²) in [6.07, 6.45) is 1.82. The Balaban J connectivity index is 1.77. The maximum atomic E-state index is 11.9. The molecule has 0 saturated carbocycles. The molecule has 0 atom stereocenters. The van der Waals surface area contributed by atoms with Crippen molar-refractivity contribution in [3.8, 4) is 5.75 Å². The van der Waals surface area contributed by atoms with Gasteiger partial charge in [0.05, 0.1) is 0 Å². The van der Waals surface area contributed by atoms with E-state index in [0.717, 1.165) is 29.9 Å². The summed E-state index contributed by atoms with van der Waals surface area (Å²) in [6, 6.07) is 15.3. The number of hydrogen-bond acceptors (Lipinski definition) is 3. The molecule has 0 heterocycles. The minimum absolute atomic E-state index is 0.0120. The summed E-state index contributed by atoms with van der Waals surface area (Å²) in [7, 11) is 0. The maximum absolute atomic E-state index is 11.9. The van der Waals surface area contributed by atoms with Gasteiger partial charge in [-0.1, -0.05) is 35.9 Å². The normalized spacial score (nSPS) is 10.1. The van der Waals surface area contributed by atoms with Crippen molar-refractivity contribution < 1.29 is 9.53 Å². The fourth-order valence-electron chi connectivity index (χ4n) is 2.00. The van der Waals surface area contributed by atoms with E-state index < -0.39 is 0 Å². The number of carbonyl (C=O) groups is 1. The predicted octanol–water partition coefficient (Wildman–Crippen LogP) is 3.29. The number of benzene rings is 2. The molecule has 0 radical (unpaired) electrons. The van der Waals surface area contributed by atoms with Gasteiger partial charge >= 0.3 is 0 Å². The molecule has 2 aromatic carbocycles. The number of carbonyl (C=O) groups excluding carboxylic acids is 1. The zero-order chi connectivity index (χ0) is 16.5. The Morgan fingerprint density at radius 2 is 1.83 bits per heavy atom. The van der Waals surface area contributed by atoms with E-state index in [4.69, 9.17) is 4.74 Å². The molecule has 2 aromatic rings. The molecule has 2 rings (SSSR count). The molecule has 0 aromatic heterocycles. The quantitative estimate of drug-likeness (QED) is 0.581. The van der Waals surface area contributed by atoms with E-state index in [1.165, 1.54) is 0 Å². The number of hydrogen-bond donors (Lipinski definition) is 2. The van der Waals surface area contributed by atoms with Gasteiger partial charge in [-0.05, 0) is 36.8 Å². The fraction of sp³-hybridized carbons (Fsp3) is 0.211. The van der Waals surface area contributed by atoms with Crippen LogP contribution in [0.25, 0.3) is 0 Å². The number of rotatable bonds is 8. The van der Waals surface area contributed by atoms with Crippen LogP contribution in [-0.2, 0) is 11.3 Å². The molecular formula is C19H22N2O2. The van der Waals surface area contributed by atoms with E-state index in [1.807, 2.05) is 61.5 Å². The first-order chi connectivity index (χ1) is 11.2. The Morgan fingerprint density at radius 1 is 1.13 bits per heavy atom. The highest BCUT2D eigenvalue weighted by Gasteiger charge is 2.04. The van der Waals surface area contributed by atoms with Crippen molar-refractivity contribution in [3.63, 3.8) is 0 Å². The molecule has 0 aliphatic carbocycles. The molecule has 0 bridgehead atoms. The smallest absolute Gasteiger partial charge is 0.262 e. The molecule has 0 saturated heterocycles. The summed E-state index contributed by atoms with van der Waals surface area (Å²) in [6.45, 7) is 7.21. The first-order valence-corrected chi connectivity index (χ1v) is 7.57. The van der Waals surface area contributed by atoms with Crippen molar-refractivity contribution in [2.45, 2.75) is 13.5 Å². The van der Waals surface area contributed by atoms with Crippen LogP contribution in [0.1, 0.15) is 11.1 Å². The van der Waals surface area contributed by atoms with Crippen LogP contribution in [0.4, 0.5) is 5.69 Å². The van der Waals surface area contributed by atoms with Crippen LogP contribution < -0.4 is 15.4 Å². The number of ether oxygens (including phenoxy) is 1. The van der Waals surface area contributed by atoms with Crippen LogP contribution >= 0.6 is 0 Å². The molecule has 23 heavy (non-hydrogen) atoms. The van der Waals surface area contributed by atoms with Crippen molar-refractivity contribution in [1.82, 2.24) is 5.32 Å². The largest absolute Gasteiger partial charge is 0.484 e. The van der Waals surface area contributed by atoms with Crippen LogP contribution in [0.3, 0.4) is 0 Å². The summed E-state index contributed by atoms with van der Waals surface area (Å²) in [5, 5.41) is 6.03. The van der Waals surface area contributed by atoms with Crippen molar-refractivity contribution in [2.24, 2.45) is 0 Å². The summed E-state index contributed by atoms with van der Waals surface area (Å²) in [5.74, 6) is 0.502. The van der Waals surface area contributed by atoms with Gasteiger partial charge in [-0.2, -0.15) is 0 Å². The fourth-order valence-corrected chi connectivity index (χ4v) is 2.00. The third kappa shape index (κ3) is 5.96. The number of anilines is 1. The zero-order valence-corrected chi connectivity index (χ0v) is 13.3. The third-order valence-corrected chi connectivity index (χ3v) is 3.25. The molecule has 0 aliphatic heterocycles. The van der Waals surface area contributed by atoms with Gasteiger partial charge in [-0.15, -0.1) is 6.58 Å². The van der Waals surface area contributed by atoms with Crippen molar-refractivity contribution >= 4 is 11.6 Å². The van der Waals surface area contributed by atoms with Gasteiger partial charge in [0.2, 0.25) is 0 Å². The zero-order valence-electron chi connectivity index (χ0n) is 13.3. The molecule has 0 fully saturated rings. The lowest BCUT2D eigenvalue weighted by Crippen LogP contribution is -2.20. The first-order valence-electron chi connectivity index (χ1n) is 7.57. The Labute approximate surface area is 137 Å². The van der Waals surface area contributed by atoms with E-state index in [0.29, 0.717) is 5.75 Å². The van der Waals surface area contributed by atoms with Crippen molar-refractivity contribution in [2.75, 3.05) is 18.5 Å². The second-order valence-electron chi connectivity index (χ2n) is 5.27. The summed E-state index contributed by atoms with van der Waals surface area (Å²) in [4.78, 5) is 11.9. The van der Waals surface area contributed by atoms with E-state index in [2.05, 4.69) is 17.2 Å². The molecule has 2 N–H and O–H groups in total. The van der Waals surface area contributed by atoms with Gasteiger partial charge in [0.1, 0.15) is 5.75 Å². The third-order valence-electron chi connectivity index (χ3n) is 3.25. The van der Waals surface area contributed by atoms with Gasteiger partial charge in [0.15, 0.2) is 6.61 Å².